The zero-order chi connectivity index (χ0) is 12.8. The Bertz CT molecular complexity index is 361. The van der Waals surface area contributed by atoms with Crippen LogP contribution in [0.4, 0.5) is 5.82 Å². The first-order valence-electron chi connectivity index (χ1n) is 5.68. The monoisotopic (exact) mass is 236 g/mol. The minimum Gasteiger partial charge on any atom is -0.352 e. The highest BCUT2D eigenvalue weighted by Gasteiger charge is 2.08. The van der Waals surface area contributed by atoms with Gasteiger partial charge in [0.1, 0.15) is 5.82 Å². The first kappa shape index (κ1) is 13.4. The van der Waals surface area contributed by atoms with Crippen LogP contribution in [0.1, 0.15) is 19.4 Å². The van der Waals surface area contributed by atoms with Gasteiger partial charge in [-0.2, -0.15) is 0 Å². The Morgan fingerprint density at radius 2 is 2.24 bits per heavy atom. The number of likely N-dealkylation sites (N-methyl/N-ethyl adjacent to an activating group) is 1. The topological polar surface area (TPSA) is 71.2 Å². The molecule has 1 heterocycles. The van der Waals surface area contributed by atoms with Crippen molar-refractivity contribution < 1.29 is 4.79 Å². The van der Waals surface area contributed by atoms with Crippen molar-refractivity contribution in [1.82, 2.24) is 10.3 Å². The molecule has 0 saturated carbocycles. The van der Waals surface area contributed by atoms with Crippen molar-refractivity contribution in [3.8, 4) is 0 Å². The van der Waals surface area contributed by atoms with E-state index in [-0.39, 0.29) is 11.9 Å². The summed E-state index contributed by atoms with van der Waals surface area (Å²) < 4.78 is 0. The fraction of sp³-hybridized carbons (Fsp3) is 0.500. The third-order valence-electron chi connectivity index (χ3n) is 2.27. The first-order chi connectivity index (χ1) is 8.02. The van der Waals surface area contributed by atoms with Crippen LogP contribution >= 0.6 is 0 Å². The summed E-state index contributed by atoms with van der Waals surface area (Å²) in [5, 5.41) is 2.84. The molecule has 0 aliphatic heterocycles. The molecule has 5 nitrogen and oxygen atoms in total. The summed E-state index contributed by atoms with van der Waals surface area (Å²) in [6.07, 6.45) is 1.73. The third-order valence-corrected chi connectivity index (χ3v) is 2.27. The molecule has 0 unspecified atom stereocenters. The minimum absolute atomic E-state index is 0.00722. The van der Waals surface area contributed by atoms with Crippen molar-refractivity contribution >= 4 is 11.7 Å². The lowest BCUT2D eigenvalue weighted by atomic mass is 10.3. The van der Waals surface area contributed by atoms with Crippen molar-refractivity contribution in [2.75, 3.05) is 18.5 Å². The van der Waals surface area contributed by atoms with Gasteiger partial charge in [-0.1, -0.05) is 6.07 Å². The van der Waals surface area contributed by atoms with Crippen molar-refractivity contribution in [2.45, 2.75) is 26.4 Å². The van der Waals surface area contributed by atoms with Crippen LogP contribution in [-0.4, -0.2) is 30.5 Å². The number of aromatic nitrogens is 1. The van der Waals surface area contributed by atoms with E-state index in [9.17, 15) is 4.79 Å². The number of hydrogen-bond donors (Lipinski definition) is 2. The minimum atomic E-state index is -0.00722. The van der Waals surface area contributed by atoms with E-state index in [1.807, 2.05) is 33.0 Å². The summed E-state index contributed by atoms with van der Waals surface area (Å²) in [5.74, 6) is 0.758. The van der Waals surface area contributed by atoms with E-state index in [0.717, 1.165) is 11.4 Å². The van der Waals surface area contributed by atoms with Gasteiger partial charge in [-0.3, -0.25) is 4.79 Å². The highest BCUT2D eigenvalue weighted by Crippen LogP contribution is 2.08. The Morgan fingerprint density at radius 1 is 1.53 bits per heavy atom. The zero-order valence-electron chi connectivity index (χ0n) is 10.6. The van der Waals surface area contributed by atoms with Gasteiger partial charge in [0.2, 0.25) is 5.91 Å². The molecule has 1 aromatic heterocycles. The van der Waals surface area contributed by atoms with Crippen LogP contribution < -0.4 is 16.0 Å². The lowest BCUT2D eigenvalue weighted by molar-refractivity contribution is -0.120. The fourth-order valence-electron chi connectivity index (χ4n) is 1.43. The average Bonchev–Trinajstić information content (AvgIpc) is 2.28. The second kappa shape index (κ2) is 6.20. The lowest BCUT2D eigenvalue weighted by Gasteiger charge is -2.18. The third kappa shape index (κ3) is 4.40. The van der Waals surface area contributed by atoms with Crippen molar-refractivity contribution in [3.05, 3.63) is 23.9 Å². The SMILES string of the molecule is CC(C)NC(=O)CN(C)c1ccc(CN)cn1. The van der Waals surface area contributed by atoms with E-state index in [2.05, 4.69) is 10.3 Å². The van der Waals surface area contributed by atoms with Gasteiger partial charge in [0.15, 0.2) is 0 Å². The summed E-state index contributed by atoms with van der Waals surface area (Å²) >= 11 is 0. The van der Waals surface area contributed by atoms with E-state index in [1.54, 1.807) is 11.1 Å². The van der Waals surface area contributed by atoms with Crippen LogP contribution in [0.3, 0.4) is 0 Å². The Kier molecular flexibility index (Phi) is 4.90. The van der Waals surface area contributed by atoms with Crippen molar-refractivity contribution in [2.24, 2.45) is 5.73 Å². The molecule has 0 fully saturated rings. The summed E-state index contributed by atoms with van der Waals surface area (Å²) in [6.45, 7) is 4.65. The molecule has 0 spiro atoms. The Morgan fingerprint density at radius 3 is 2.71 bits per heavy atom. The van der Waals surface area contributed by atoms with Gasteiger partial charge in [-0.25, -0.2) is 4.98 Å². The number of anilines is 1. The number of carbonyl (C=O) groups is 1. The molecule has 5 heteroatoms. The molecular weight excluding hydrogens is 216 g/mol. The van der Waals surface area contributed by atoms with E-state index in [0.29, 0.717) is 13.1 Å². The van der Waals surface area contributed by atoms with Gasteiger partial charge in [0.05, 0.1) is 6.54 Å². The fourth-order valence-corrected chi connectivity index (χ4v) is 1.43. The molecule has 3 N–H and O–H groups in total. The van der Waals surface area contributed by atoms with Crippen molar-refractivity contribution in [3.63, 3.8) is 0 Å². The maximum Gasteiger partial charge on any atom is 0.239 e. The van der Waals surface area contributed by atoms with Crippen LogP contribution in [0.15, 0.2) is 18.3 Å². The highest BCUT2D eigenvalue weighted by molar-refractivity contribution is 5.81. The molecule has 94 valence electrons. The molecule has 17 heavy (non-hydrogen) atoms. The molecule has 0 aromatic carbocycles. The number of hydrogen-bond acceptors (Lipinski definition) is 4. The molecule has 0 aliphatic rings. The van der Waals surface area contributed by atoms with Crippen LogP contribution in [0.2, 0.25) is 0 Å². The quantitative estimate of drug-likeness (QED) is 0.781. The Labute approximate surface area is 102 Å². The van der Waals surface area contributed by atoms with Crippen LogP contribution in [0.25, 0.3) is 0 Å². The molecule has 0 bridgehead atoms. The first-order valence-corrected chi connectivity index (χ1v) is 5.68. The second-order valence-corrected chi connectivity index (χ2v) is 4.31. The lowest BCUT2D eigenvalue weighted by Crippen LogP contribution is -2.38. The molecule has 0 saturated heterocycles. The molecule has 1 rings (SSSR count). The summed E-state index contributed by atoms with van der Waals surface area (Å²) in [7, 11) is 1.84. The van der Waals surface area contributed by atoms with Crippen molar-refractivity contribution in [1.29, 1.82) is 0 Å². The number of carbonyl (C=O) groups excluding carboxylic acids is 1. The zero-order valence-corrected chi connectivity index (χ0v) is 10.6. The number of nitrogens with zero attached hydrogens (tertiary/aromatic N) is 2. The number of amides is 1. The van der Waals surface area contributed by atoms with Gasteiger partial charge in [-0.05, 0) is 25.5 Å². The standard InChI is InChI=1S/C12H20N4O/c1-9(2)15-12(17)8-16(3)11-5-4-10(6-13)7-14-11/h4-5,7,9H,6,8,13H2,1-3H3,(H,15,17). The van der Waals surface area contributed by atoms with Crippen LogP contribution in [-0.2, 0) is 11.3 Å². The van der Waals surface area contributed by atoms with Gasteiger partial charge in [-0.15, -0.1) is 0 Å². The molecular formula is C12H20N4O. The largest absolute Gasteiger partial charge is 0.352 e. The number of nitrogens with one attached hydrogen (secondary N) is 1. The average molecular weight is 236 g/mol. The molecule has 0 atom stereocenters. The van der Waals surface area contributed by atoms with Gasteiger partial charge >= 0.3 is 0 Å². The summed E-state index contributed by atoms with van der Waals surface area (Å²) in [4.78, 5) is 17.6. The maximum absolute atomic E-state index is 11.6. The predicted molar refractivity (Wildman–Crippen MR) is 68.7 cm³/mol. The normalized spacial score (nSPS) is 10.4. The smallest absolute Gasteiger partial charge is 0.239 e. The van der Waals surface area contributed by atoms with Gasteiger partial charge in [0.25, 0.3) is 0 Å². The van der Waals surface area contributed by atoms with Gasteiger partial charge < -0.3 is 16.0 Å². The molecule has 1 aromatic rings. The highest BCUT2D eigenvalue weighted by atomic mass is 16.2. The molecule has 0 aliphatic carbocycles. The molecule has 0 radical (unpaired) electrons. The second-order valence-electron chi connectivity index (χ2n) is 4.31. The Balaban J connectivity index is 2.56. The molecule has 1 amide bonds. The van der Waals surface area contributed by atoms with Crippen LogP contribution in [0, 0.1) is 0 Å². The number of rotatable bonds is 5. The predicted octanol–water partition coefficient (Wildman–Crippen LogP) is 0.501. The Hall–Kier alpha value is -1.62. The van der Waals surface area contributed by atoms with Crippen LogP contribution in [0.5, 0.6) is 0 Å². The van der Waals surface area contributed by atoms with E-state index >= 15 is 0 Å². The van der Waals surface area contributed by atoms with E-state index < -0.39 is 0 Å². The van der Waals surface area contributed by atoms with E-state index in [1.165, 1.54) is 0 Å². The maximum atomic E-state index is 11.6. The van der Waals surface area contributed by atoms with Gasteiger partial charge in [0, 0.05) is 25.8 Å². The summed E-state index contributed by atoms with van der Waals surface area (Å²) in [5.41, 5.74) is 6.47. The number of nitrogens with two attached hydrogens (primary N) is 1. The summed E-state index contributed by atoms with van der Waals surface area (Å²) in [6, 6.07) is 3.94. The number of pyridine rings is 1. The van der Waals surface area contributed by atoms with E-state index in [4.69, 9.17) is 5.73 Å².